The van der Waals surface area contributed by atoms with Crippen molar-refractivity contribution < 1.29 is 4.74 Å². The summed E-state index contributed by atoms with van der Waals surface area (Å²) in [5.41, 5.74) is 10.6. The molecule has 0 aliphatic heterocycles. The average Bonchev–Trinajstić information content (AvgIpc) is 3.15. The van der Waals surface area contributed by atoms with Crippen LogP contribution in [0.4, 0.5) is 0 Å². The molecular weight excluding hydrogens is 374 g/mol. The van der Waals surface area contributed by atoms with E-state index in [1.165, 1.54) is 0 Å². The van der Waals surface area contributed by atoms with Crippen LogP contribution in [0.1, 0.15) is 11.1 Å². The molecule has 2 heterocycles. The lowest BCUT2D eigenvalue weighted by Crippen LogP contribution is -2.03. The van der Waals surface area contributed by atoms with Crippen LogP contribution in [0.5, 0.6) is 11.6 Å². The lowest BCUT2D eigenvalue weighted by Gasteiger charge is -2.11. The number of pyridine rings is 1. The van der Waals surface area contributed by atoms with Crippen molar-refractivity contribution in [1.82, 2.24) is 14.8 Å². The monoisotopic (exact) mass is 395 g/mol. The predicted octanol–water partition coefficient (Wildman–Crippen LogP) is 4.31. The van der Waals surface area contributed by atoms with Gasteiger partial charge >= 0.3 is 0 Å². The summed E-state index contributed by atoms with van der Waals surface area (Å²) in [6.45, 7) is 0.580. The lowest BCUT2D eigenvalue weighted by atomic mass is 10.1. The Kier molecular flexibility index (Phi) is 5.55. The van der Waals surface area contributed by atoms with Crippen molar-refractivity contribution in [2.24, 2.45) is 12.8 Å². The first kappa shape index (κ1) is 19.4. The Labute approximate surface area is 175 Å². The van der Waals surface area contributed by atoms with E-state index in [-0.39, 0.29) is 0 Å². The zero-order valence-electron chi connectivity index (χ0n) is 16.6. The molecule has 2 aromatic heterocycles. The molecule has 0 saturated carbocycles. The summed E-state index contributed by atoms with van der Waals surface area (Å²) in [5, 5.41) is 13.9. The van der Waals surface area contributed by atoms with Gasteiger partial charge in [0.25, 0.3) is 0 Å². The van der Waals surface area contributed by atoms with Gasteiger partial charge in [0.1, 0.15) is 5.75 Å². The fourth-order valence-electron chi connectivity index (χ4n) is 3.19. The number of nitriles is 1. The van der Waals surface area contributed by atoms with E-state index in [1.54, 1.807) is 16.8 Å². The zero-order chi connectivity index (χ0) is 20.9. The molecule has 30 heavy (non-hydrogen) atoms. The van der Waals surface area contributed by atoms with Crippen LogP contribution >= 0.6 is 0 Å². The van der Waals surface area contributed by atoms with Crippen molar-refractivity contribution in [3.63, 3.8) is 0 Å². The third-order valence-corrected chi connectivity index (χ3v) is 4.77. The van der Waals surface area contributed by atoms with Gasteiger partial charge in [0.2, 0.25) is 5.88 Å². The molecule has 148 valence electrons. The summed E-state index contributed by atoms with van der Waals surface area (Å²) in [5.74, 6) is 1.13. The topological polar surface area (TPSA) is 89.8 Å². The van der Waals surface area contributed by atoms with E-state index in [2.05, 4.69) is 16.2 Å². The SMILES string of the molecule is Cn1nc(-c2ccccc2)cc1Oc1cc(C#N)ccc1-c1ccc(CCN)cn1. The molecule has 0 atom stereocenters. The number of nitrogens with zero attached hydrogens (tertiary/aromatic N) is 4. The molecule has 0 unspecified atom stereocenters. The third-order valence-electron chi connectivity index (χ3n) is 4.77. The minimum Gasteiger partial charge on any atom is -0.439 e. The van der Waals surface area contributed by atoms with Gasteiger partial charge in [0.15, 0.2) is 0 Å². The number of nitrogens with two attached hydrogens (primary N) is 1. The molecule has 2 aromatic carbocycles. The van der Waals surface area contributed by atoms with Crippen LogP contribution in [0.3, 0.4) is 0 Å². The molecule has 0 fully saturated rings. The number of aryl methyl sites for hydroxylation is 1. The van der Waals surface area contributed by atoms with Crippen molar-refractivity contribution >= 4 is 0 Å². The van der Waals surface area contributed by atoms with Crippen molar-refractivity contribution in [3.05, 3.63) is 84.1 Å². The molecule has 0 aliphatic rings. The fourth-order valence-corrected chi connectivity index (χ4v) is 3.19. The number of hydrogen-bond donors (Lipinski definition) is 1. The van der Waals surface area contributed by atoms with Crippen LogP contribution < -0.4 is 10.5 Å². The summed E-state index contributed by atoms with van der Waals surface area (Å²) < 4.78 is 7.89. The highest BCUT2D eigenvalue weighted by Crippen LogP contribution is 2.34. The van der Waals surface area contributed by atoms with E-state index in [0.29, 0.717) is 23.7 Å². The Morgan fingerprint density at radius 3 is 2.57 bits per heavy atom. The minimum absolute atomic E-state index is 0.513. The molecule has 2 N–H and O–H groups in total. The van der Waals surface area contributed by atoms with E-state index in [4.69, 9.17) is 10.5 Å². The van der Waals surface area contributed by atoms with E-state index in [0.717, 1.165) is 34.5 Å². The molecule has 0 saturated heterocycles. The maximum absolute atomic E-state index is 9.34. The Morgan fingerprint density at radius 1 is 1.03 bits per heavy atom. The van der Waals surface area contributed by atoms with Crippen LogP contribution in [0.15, 0.2) is 72.9 Å². The summed E-state index contributed by atoms with van der Waals surface area (Å²) >= 11 is 0. The van der Waals surface area contributed by atoms with Gasteiger partial charge in [-0.1, -0.05) is 36.4 Å². The van der Waals surface area contributed by atoms with Gasteiger partial charge in [-0.15, -0.1) is 0 Å². The molecule has 0 spiro atoms. The van der Waals surface area contributed by atoms with Gasteiger partial charge in [-0.3, -0.25) is 4.98 Å². The first-order chi connectivity index (χ1) is 14.7. The van der Waals surface area contributed by atoms with Crippen LogP contribution in [0.2, 0.25) is 0 Å². The Balaban J connectivity index is 1.70. The second-order valence-electron chi connectivity index (χ2n) is 6.87. The Hall–Kier alpha value is -3.95. The highest BCUT2D eigenvalue weighted by atomic mass is 16.5. The molecule has 0 radical (unpaired) electrons. The van der Waals surface area contributed by atoms with Crippen LogP contribution in [-0.4, -0.2) is 21.3 Å². The zero-order valence-corrected chi connectivity index (χ0v) is 16.6. The maximum atomic E-state index is 9.34. The van der Waals surface area contributed by atoms with Gasteiger partial charge in [0, 0.05) is 30.4 Å². The second-order valence-corrected chi connectivity index (χ2v) is 6.87. The van der Waals surface area contributed by atoms with E-state index in [1.807, 2.05) is 67.8 Å². The number of ether oxygens (including phenoxy) is 1. The van der Waals surface area contributed by atoms with Crippen molar-refractivity contribution in [1.29, 1.82) is 5.26 Å². The number of rotatable bonds is 6. The quantitative estimate of drug-likeness (QED) is 0.525. The van der Waals surface area contributed by atoms with Crippen LogP contribution in [0, 0.1) is 11.3 Å². The molecule has 4 aromatic rings. The molecule has 6 nitrogen and oxygen atoms in total. The van der Waals surface area contributed by atoms with Gasteiger partial charge in [-0.05, 0) is 42.8 Å². The largest absolute Gasteiger partial charge is 0.439 e. The van der Waals surface area contributed by atoms with Crippen LogP contribution in [-0.2, 0) is 13.5 Å². The second kappa shape index (κ2) is 8.60. The van der Waals surface area contributed by atoms with Crippen LogP contribution in [0.25, 0.3) is 22.5 Å². The normalized spacial score (nSPS) is 10.6. The van der Waals surface area contributed by atoms with Gasteiger partial charge in [0.05, 0.1) is 23.0 Å². The summed E-state index contributed by atoms with van der Waals surface area (Å²) in [7, 11) is 1.83. The molecule has 0 amide bonds. The molecule has 4 rings (SSSR count). The predicted molar refractivity (Wildman–Crippen MR) is 116 cm³/mol. The lowest BCUT2D eigenvalue weighted by molar-refractivity contribution is 0.432. The molecule has 6 heteroatoms. The van der Waals surface area contributed by atoms with Crippen molar-refractivity contribution in [3.8, 4) is 40.2 Å². The first-order valence-corrected chi connectivity index (χ1v) is 9.65. The van der Waals surface area contributed by atoms with Crippen molar-refractivity contribution in [2.75, 3.05) is 6.54 Å². The smallest absolute Gasteiger partial charge is 0.218 e. The number of benzene rings is 2. The molecule has 0 aliphatic carbocycles. The van der Waals surface area contributed by atoms with Gasteiger partial charge < -0.3 is 10.5 Å². The molecular formula is C24H21N5O. The average molecular weight is 395 g/mol. The summed E-state index contributed by atoms with van der Waals surface area (Å²) in [6, 6.07) is 23.3. The Bertz CT molecular complexity index is 1190. The minimum atomic E-state index is 0.513. The van der Waals surface area contributed by atoms with Gasteiger partial charge in [-0.25, -0.2) is 4.68 Å². The maximum Gasteiger partial charge on any atom is 0.218 e. The third kappa shape index (κ3) is 4.07. The first-order valence-electron chi connectivity index (χ1n) is 9.65. The Morgan fingerprint density at radius 2 is 1.87 bits per heavy atom. The van der Waals surface area contributed by atoms with E-state index >= 15 is 0 Å². The van der Waals surface area contributed by atoms with E-state index < -0.39 is 0 Å². The summed E-state index contributed by atoms with van der Waals surface area (Å²) in [6.07, 6.45) is 2.60. The molecule has 0 bridgehead atoms. The highest BCUT2D eigenvalue weighted by Gasteiger charge is 2.14. The summed E-state index contributed by atoms with van der Waals surface area (Å²) in [4.78, 5) is 4.56. The van der Waals surface area contributed by atoms with Crippen molar-refractivity contribution in [2.45, 2.75) is 6.42 Å². The standard InChI is InChI=1S/C24H21N5O/c1-29-24(14-22(28-29)19-5-3-2-4-6-19)30-23-13-18(15-26)7-9-20(23)21-10-8-17(11-12-25)16-27-21/h2-10,13-14,16H,11-12,25H2,1H3. The number of aromatic nitrogens is 3. The highest BCUT2D eigenvalue weighted by molar-refractivity contribution is 5.69. The fraction of sp³-hybridized carbons (Fsp3) is 0.125. The van der Waals surface area contributed by atoms with E-state index in [9.17, 15) is 5.26 Å². The number of hydrogen-bond acceptors (Lipinski definition) is 5. The van der Waals surface area contributed by atoms with Gasteiger partial charge in [-0.2, -0.15) is 10.4 Å².